The number of rotatable bonds is 18. The van der Waals surface area contributed by atoms with E-state index in [0.717, 1.165) is 0 Å². The second-order valence-corrected chi connectivity index (χ2v) is 9.66. The zero-order chi connectivity index (χ0) is 29.8. The molecule has 0 rings (SSSR count). The molecule has 0 aliphatic rings. The topological polar surface area (TPSA) is 151 Å². The van der Waals surface area contributed by atoms with Crippen molar-refractivity contribution < 1.29 is 60.9 Å². The van der Waals surface area contributed by atoms with E-state index in [1.807, 2.05) is 0 Å². The van der Waals surface area contributed by atoms with E-state index in [-0.39, 0.29) is 16.7 Å². The third-order valence-electron chi connectivity index (χ3n) is 3.85. The Morgan fingerprint density at radius 1 is 0.500 bits per heavy atom. The van der Waals surface area contributed by atoms with Gasteiger partial charge in [0.1, 0.15) is 0 Å². The van der Waals surface area contributed by atoms with Crippen LogP contribution in [0.25, 0.3) is 0 Å². The Morgan fingerprint density at radius 2 is 0.711 bits per heavy atom. The molecule has 6 unspecified atom stereocenters. The van der Waals surface area contributed by atoms with Gasteiger partial charge in [-0.05, 0) is 62.3 Å². The average molecular weight is 567 g/mol. The zero-order valence-electron chi connectivity index (χ0n) is 23.3. The molecular weight excluding hydrogens is 527 g/mol. The monoisotopic (exact) mass is 566 g/mol. The smallest absolute Gasteiger partial charge is 0.433 e. The van der Waals surface area contributed by atoms with Gasteiger partial charge >= 0.3 is 25.7 Å². The van der Waals surface area contributed by atoms with Gasteiger partial charge in [-0.15, -0.1) is 0 Å². The molecule has 0 heterocycles. The molecule has 0 N–H and O–H groups in total. The third kappa shape index (κ3) is 15.1. The van der Waals surface area contributed by atoms with Crippen LogP contribution in [0.3, 0.4) is 0 Å². The van der Waals surface area contributed by atoms with Crippen molar-refractivity contribution in [3.05, 3.63) is 36.5 Å². The lowest BCUT2D eigenvalue weighted by atomic mass is 10.4. The molecule has 14 heteroatoms. The van der Waals surface area contributed by atoms with Gasteiger partial charge in [0.15, 0.2) is 18.9 Å². The van der Waals surface area contributed by atoms with Crippen LogP contribution >= 0.6 is 7.82 Å². The number of phosphoric acid groups is 1. The highest BCUT2D eigenvalue weighted by atomic mass is 31.2. The van der Waals surface area contributed by atoms with E-state index < -0.39 is 63.5 Å². The molecule has 0 spiro atoms. The van der Waals surface area contributed by atoms with E-state index in [1.54, 1.807) is 0 Å². The van der Waals surface area contributed by atoms with Gasteiger partial charge in [-0.1, -0.05) is 19.7 Å². The predicted octanol–water partition coefficient (Wildman–Crippen LogP) is 4.63. The number of carbonyl (C=O) groups is 3. The number of ether oxygens (including phenoxy) is 6. The van der Waals surface area contributed by atoms with Crippen LogP contribution in [0.4, 0.5) is 0 Å². The molecule has 0 aromatic rings. The predicted molar refractivity (Wildman–Crippen MR) is 134 cm³/mol. The maximum absolute atomic E-state index is 13.5. The minimum Gasteiger partial charge on any atom is -0.433 e. The molecule has 0 fully saturated rings. The first-order valence-corrected chi connectivity index (χ1v) is 13.0. The van der Waals surface area contributed by atoms with Gasteiger partial charge in [-0.25, -0.2) is 18.9 Å². The van der Waals surface area contributed by atoms with Crippen LogP contribution in [0.1, 0.15) is 62.3 Å². The Kier molecular flexibility index (Phi) is 15.5. The molecule has 38 heavy (non-hydrogen) atoms. The second kappa shape index (κ2) is 16.6. The zero-order valence-corrected chi connectivity index (χ0v) is 24.2. The highest BCUT2D eigenvalue weighted by Crippen LogP contribution is 2.53. The number of esters is 3. The van der Waals surface area contributed by atoms with Gasteiger partial charge in [0.2, 0.25) is 18.9 Å². The minimum absolute atomic E-state index is 0.145. The molecule has 0 saturated carbocycles. The molecule has 0 aromatic heterocycles. The molecular formula is C24H39O13P. The highest BCUT2D eigenvalue weighted by molar-refractivity contribution is 7.48. The van der Waals surface area contributed by atoms with Crippen LogP contribution in [0.2, 0.25) is 0 Å². The highest BCUT2D eigenvalue weighted by Gasteiger charge is 2.37. The molecule has 0 saturated heterocycles. The van der Waals surface area contributed by atoms with Crippen molar-refractivity contribution in [2.75, 3.05) is 0 Å². The summed E-state index contributed by atoms with van der Waals surface area (Å²) in [5.74, 6) is -2.12. The number of phosphoric ester groups is 1. The van der Waals surface area contributed by atoms with Crippen molar-refractivity contribution in [3.63, 3.8) is 0 Å². The Bertz CT molecular complexity index is 801. The van der Waals surface area contributed by atoms with Gasteiger partial charge in [0, 0.05) is 16.7 Å². The van der Waals surface area contributed by atoms with Crippen molar-refractivity contribution in [1.29, 1.82) is 0 Å². The molecule has 6 atom stereocenters. The summed E-state index contributed by atoms with van der Waals surface area (Å²) in [6.07, 6.45) is -7.25. The number of carbonyl (C=O) groups excluding carboxylic acids is 3. The van der Waals surface area contributed by atoms with Crippen molar-refractivity contribution in [1.82, 2.24) is 0 Å². The van der Waals surface area contributed by atoms with E-state index in [2.05, 4.69) is 19.7 Å². The fourth-order valence-corrected chi connectivity index (χ4v) is 3.73. The van der Waals surface area contributed by atoms with Gasteiger partial charge in [-0.3, -0.25) is 13.6 Å². The van der Waals surface area contributed by atoms with E-state index in [9.17, 15) is 18.9 Å². The van der Waals surface area contributed by atoms with Crippen LogP contribution in [-0.2, 0) is 60.9 Å². The fraction of sp³-hybridized carbons (Fsp3) is 0.625. The SMILES string of the molecule is C=C(C)C(=O)OC(C)OC(C)OP(=O)(OC(C)OC(C)OC(=O)C(=C)C)OC(C)OC(C)OC(=O)C(=C)C. The van der Waals surface area contributed by atoms with Crippen LogP contribution in [0, 0.1) is 0 Å². The minimum atomic E-state index is -4.57. The molecule has 0 amide bonds. The first kappa shape index (κ1) is 35.6. The lowest BCUT2D eigenvalue weighted by Crippen LogP contribution is -2.29. The average Bonchev–Trinajstić information content (AvgIpc) is 2.71. The first-order valence-electron chi connectivity index (χ1n) is 11.6. The fourth-order valence-electron chi connectivity index (χ4n) is 2.34. The molecule has 13 nitrogen and oxygen atoms in total. The lowest BCUT2D eigenvalue weighted by molar-refractivity contribution is -0.234. The van der Waals surface area contributed by atoms with E-state index >= 15 is 0 Å². The van der Waals surface area contributed by atoms with Crippen LogP contribution < -0.4 is 0 Å². The van der Waals surface area contributed by atoms with E-state index in [4.69, 9.17) is 42.0 Å². The van der Waals surface area contributed by atoms with Crippen LogP contribution in [-0.4, -0.2) is 55.6 Å². The maximum Gasteiger partial charge on any atom is 0.481 e. The lowest BCUT2D eigenvalue weighted by Gasteiger charge is -2.29. The summed E-state index contributed by atoms with van der Waals surface area (Å²) in [6.45, 7) is 23.0. The molecule has 218 valence electrons. The molecule has 0 bridgehead atoms. The van der Waals surface area contributed by atoms with Crippen molar-refractivity contribution in [2.45, 2.75) is 100 Å². The summed E-state index contributed by atoms with van der Waals surface area (Å²) in [7, 11) is -4.57. The van der Waals surface area contributed by atoms with Crippen LogP contribution in [0.5, 0.6) is 0 Å². The molecule has 0 aromatic carbocycles. The molecule has 0 radical (unpaired) electrons. The summed E-state index contributed by atoms with van der Waals surface area (Å²) in [5, 5.41) is 0. The number of hydrogen-bond acceptors (Lipinski definition) is 13. The molecule has 0 aliphatic heterocycles. The Balaban J connectivity index is 5.46. The Hall–Kier alpha value is -2.38. The summed E-state index contributed by atoms with van der Waals surface area (Å²) >= 11 is 0. The van der Waals surface area contributed by atoms with E-state index in [0.29, 0.717) is 0 Å². The van der Waals surface area contributed by atoms with Gasteiger partial charge in [0.25, 0.3) is 0 Å². The van der Waals surface area contributed by atoms with Crippen molar-refractivity contribution in [3.8, 4) is 0 Å². The van der Waals surface area contributed by atoms with Crippen LogP contribution in [0.15, 0.2) is 36.5 Å². The maximum atomic E-state index is 13.5. The van der Waals surface area contributed by atoms with Gasteiger partial charge in [-0.2, -0.15) is 0 Å². The second-order valence-electron chi connectivity index (χ2n) is 8.13. The molecule has 0 aliphatic carbocycles. The van der Waals surface area contributed by atoms with Crippen molar-refractivity contribution in [2.24, 2.45) is 0 Å². The summed E-state index contributed by atoms with van der Waals surface area (Å²) in [4.78, 5) is 35.1. The van der Waals surface area contributed by atoms with Gasteiger partial charge < -0.3 is 28.4 Å². The summed E-state index contributed by atoms with van der Waals surface area (Å²) < 4.78 is 60.7. The van der Waals surface area contributed by atoms with E-state index in [1.165, 1.54) is 62.3 Å². The number of hydrogen-bond donors (Lipinski definition) is 0. The summed E-state index contributed by atoms with van der Waals surface area (Å²) in [6, 6.07) is 0. The Labute approximate surface area is 223 Å². The normalized spacial score (nSPS) is 17.5. The standard InChI is InChI=1S/C24H39O13P/c1-13(2)22(25)32-16(7)29-19(10)35-38(28,36-20(11)30-17(8)33-23(26)14(3)4)37-21(12)31-18(9)34-24(27)15(5)6/h16-21H,1,3,5H2,2,4,6-12H3. The first-order chi connectivity index (χ1) is 17.3. The van der Waals surface area contributed by atoms with Gasteiger partial charge in [0.05, 0.1) is 0 Å². The quantitative estimate of drug-likeness (QED) is 0.0746. The van der Waals surface area contributed by atoms with Crippen molar-refractivity contribution >= 4 is 25.7 Å². The Morgan fingerprint density at radius 3 is 0.895 bits per heavy atom. The summed E-state index contributed by atoms with van der Waals surface area (Å²) in [5.41, 5.74) is 0.434. The third-order valence-corrected chi connectivity index (χ3v) is 5.51. The largest absolute Gasteiger partial charge is 0.481 e.